The minimum atomic E-state index is -0.222. The van der Waals surface area contributed by atoms with Crippen molar-refractivity contribution in [3.05, 3.63) is 59.7 Å². The molecule has 0 saturated heterocycles. The van der Waals surface area contributed by atoms with Crippen molar-refractivity contribution in [2.24, 2.45) is 0 Å². The molecule has 114 valence electrons. The van der Waals surface area contributed by atoms with Gasteiger partial charge in [-0.05, 0) is 49.2 Å². The SMILES string of the molecule is CC(=O)N(CC(=O)Nc1ccccc1)c1cc(C)cc(C)c1. The fraction of sp³-hybridized carbons (Fsp3) is 0.222. The van der Waals surface area contributed by atoms with Crippen molar-refractivity contribution in [3.63, 3.8) is 0 Å². The largest absolute Gasteiger partial charge is 0.325 e. The second-order valence-electron chi connectivity index (χ2n) is 5.37. The van der Waals surface area contributed by atoms with Crippen LogP contribution in [0.1, 0.15) is 18.1 Å². The van der Waals surface area contributed by atoms with Crippen molar-refractivity contribution in [2.75, 3.05) is 16.8 Å². The number of hydrogen-bond acceptors (Lipinski definition) is 2. The molecule has 0 fully saturated rings. The van der Waals surface area contributed by atoms with E-state index in [9.17, 15) is 9.59 Å². The molecule has 1 N–H and O–H groups in total. The van der Waals surface area contributed by atoms with E-state index in [-0.39, 0.29) is 18.4 Å². The molecule has 22 heavy (non-hydrogen) atoms. The molecule has 0 radical (unpaired) electrons. The fourth-order valence-electron chi connectivity index (χ4n) is 2.36. The van der Waals surface area contributed by atoms with Crippen LogP contribution in [0.3, 0.4) is 0 Å². The molecule has 0 aliphatic rings. The van der Waals surface area contributed by atoms with Crippen LogP contribution in [-0.2, 0) is 9.59 Å². The van der Waals surface area contributed by atoms with Gasteiger partial charge in [-0.25, -0.2) is 0 Å². The second-order valence-corrected chi connectivity index (χ2v) is 5.37. The number of carbonyl (C=O) groups is 2. The van der Waals surface area contributed by atoms with Gasteiger partial charge in [-0.3, -0.25) is 9.59 Å². The monoisotopic (exact) mass is 296 g/mol. The Kier molecular flexibility index (Phi) is 4.94. The zero-order chi connectivity index (χ0) is 16.1. The van der Waals surface area contributed by atoms with Crippen LogP contribution in [0.15, 0.2) is 48.5 Å². The maximum atomic E-state index is 12.2. The van der Waals surface area contributed by atoms with E-state index >= 15 is 0 Å². The average molecular weight is 296 g/mol. The van der Waals surface area contributed by atoms with Gasteiger partial charge in [0.15, 0.2) is 0 Å². The van der Waals surface area contributed by atoms with Gasteiger partial charge in [-0.1, -0.05) is 24.3 Å². The van der Waals surface area contributed by atoms with E-state index in [0.29, 0.717) is 0 Å². The Balaban J connectivity index is 2.15. The number of para-hydroxylation sites is 1. The summed E-state index contributed by atoms with van der Waals surface area (Å²) in [4.78, 5) is 25.6. The van der Waals surface area contributed by atoms with Crippen LogP contribution in [0, 0.1) is 13.8 Å². The van der Waals surface area contributed by atoms with Crippen LogP contribution in [0.4, 0.5) is 11.4 Å². The van der Waals surface area contributed by atoms with E-state index in [2.05, 4.69) is 5.32 Å². The van der Waals surface area contributed by atoms with Crippen LogP contribution in [0.5, 0.6) is 0 Å². The van der Waals surface area contributed by atoms with Crippen molar-refractivity contribution < 1.29 is 9.59 Å². The van der Waals surface area contributed by atoms with Gasteiger partial charge in [0.25, 0.3) is 0 Å². The van der Waals surface area contributed by atoms with Crippen LogP contribution in [0.2, 0.25) is 0 Å². The van der Waals surface area contributed by atoms with Crippen LogP contribution < -0.4 is 10.2 Å². The molecule has 0 bridgehead atoms. The van der Waals surface area contributed by atoms with Gasteiger partial charge in [-0.15, -0.1) is 0 Å². The summed E-state index contributed by atoms with van der Waals surface area (Å²) in [6.45, 7) is 5.40. The lowest BCUT2D eigenvalue weighted by atomic mass is 10.1. The molecule has 0 atom stereocenters. The molecule has 4 nitrogen and oxygen atoms in total. The summed E-state index contributed by atoms with van der Waals surface area (Å²) < 4.78 is 0. The Morgan fingerprint density at radius 2 is 1.59 bits per heavy atom. The molecule has 2 amide bonds. The van der Waals surface area contributed by atoms with E-state index in [1.54, 1.807) is 0 Å². The molecule has 2 aromatic rings. The lowest BCUT2D eigenvalue weighted by molar-refractivity contribution is -0.120. The number of anilines is 2. The molecule has 0 spiro atoms. The second kappa shape index (κ2) is 6.89. The topological polar surface area (TPSA) is 49.4 Å². The first-order chi connectivity index (χ1) is 10.5. The molecule has 0 heterocycles. The minimum Gasteiger partial charge on any atom is -0.325 e. The predicted molar refractivity (Wildman–Crippen MR) is 89.0 cm³/mol. The summed E-state index contributed by atoms with van der Waals surface area (Å²) in [6, 6.07) is 15.1. The minimum absolute atomic E-state index is 0.00682. The third-order valence-corrected chi connectivity index (χ3v) is 3.26. The van der Waals surface area contributed by atoms with E-state index in [1.165, 1.54) is 11.8 Å². The summed E-state index contributed by atoms with van der Waals surface area (Å²) in [6.07, 6.45) is 0. The summed E-state index contributed by atoms with van der Waals surface area (Å²) in [5, 5.41) is 2.79. The molecule has 0 saturated carbocycles. The van der Waals surface area contributed by atoms with E-state index in [0.717, 1.165) is 22.5 Å². The Labute approximate surface area is 130 Å². The van der Waals surface area contributed by atoms with E-state index < -0.39 is 0 Å². The van der Waals surface area contributed by atoms with Gasteiger partial charge in [0.2, 0.25) is 11.8 Å². The molecular weight excluding hydrogens is 276 g/mol. The number of rotatable bonds is 4. The lowest BCUT2D eigenvalue weighted by Crippen LogP contribution is -2.36. The summed E-state index contributed by atoms with van der Waals surface area (Å²) in [5.74, 6) is -0.381. The number of carbonyl (C=O) groups excluding carboxylic acids is 2. The smallest absolute Gasteiger partial charge is 0.244 e. The van der Waals surface area contributed by atoms with E-state index in [4.69, 9.17) is 0 Å². The summed E-state index contributed by atoms with van der Waals surface area (Å²) in [5.41, 5.74) is 3.58. The standard InChI is InChI=1S/C18H20N2O2/c1-13-9-14(2)11-17(10-13)20(15(3)21)12-18(22)19-16-7-5-4-6-8-16/h4-11H,12H2,1-3H3,(H,19,22). The van der Waals surface area contributed by atoms with Gasteiger partial charge >= 0.3 is 0 Å². The highest BCUT2D eigenvalue weighted by Gasteiger charge is 2.16. The number of aryl methyl sites for hydroxylation is 2. The highest BCUT2D eigenvalue weighted by atomic mass is 16.2. The van der Waals surface area contributed by atoms with Gasteiger partial charge in [0, 0.05) is 18.3 Å². The first kappa shape index (κ1) is 15.8. The number of amides is 2. The highest BCUT2D eigenvalue weighted by molar-refractivity contribution is 6.01. The summed E-state index contributed by atoms with van der Waals surface area (Å²) in [7, 11) is 0. The van der Waals surface area contributed by atoms with Gasteiger partial charge in [0.1, 0.15) is 6.54 Å². The molecular formula is C18H20N2O2. The van der Waals surface area contributed by atoms with Gasteiger partial charge in [0.05, 0.1) is 0 Å². The molecule has 2 aromatic carbocycles. The van der Waals surface area contributed by atoms with Gasteiger partial charge < -0.3 is 10.2 Å². The summed E-state index contributed by atoms with van der Waals surface area (Å²) >= 11 is 0. The number of benzene rings is 2. The molecule has 0 aliphatic heterocycles. The maximum absolute atomic E-state index is 12.2. The normalized spacial score (nSPS) is 10.1. The zero-order valence-corrected chi connectivity index (χ0v) is 13.1. The molecule has 0 unspecified atom stereocenters. The first-order valence-electron chi connectivity index (χ1n) is 7.17. The van der Waals surface area contributed by atoms with Gasteiger partial charge in [-0.2, -0.15) is 0 Å². The van der Waals surface area contributed by atoms with Crippen molar-refractivity contribution >= 4 is 23.2 Å². The average Bonchev–Trinajstić information content (AvgIpc) is 2.44. The van der Waals surface area contributed by atoms with Crippen molar-refractivity contribution in [2.45, 2.75) is 20.8 Å². The number of nitrogens with one attached hydrogen (secondary N) is 1. The van der Waals surface area contributed by atoms with Crippen molar-refractivity contribution in [1.29, 1.82) is 0 Å². The predicted octanol–water partition coefficient (Wildman–Crippen LogP) is 3.30. The Bertz CT molecular complexity index is 660. The highest BCUT2D eigenvalue weighted by Crippen LogP contribution is 2.19. The third kappa shape index (κ3) is 4.19. The molecule has 0 aromatic heterocycles. The van der Waals surface area contributed by atoms with Crippen molar-refractivity contribution in [1.82, 2.24) is 0 Å². The van der Waals surface area contributed by atoms with Crippen molar-refractivity contribution in [3.8, 4) is 0 Å². The number of hydrogen-bond donors (Lipinski definition) is 1. The molecule has 4 heteroatoms. The third-order valence-electron chi connectivity index (χ3n) is 3.26. The van der Waals surface area contributed by atoms with E-state index in [1.807, 2.05) is 62.4 Å². The van der Waals surface area contributed by atoms with Crippen LogP contribution >= 0.6 is 0 Å². The quantitative estimate of drug-likeness (QED) is 0.941. The Morgan fingerprint density at radius 3 is 2.14 bits per heavy atom. The number of nitrogens with zero attached hydrogens (tertiary/aromatic N) is 1. The Hall–Kier alpha value is -2.62. The fourth-order valence-corrected chi connectivity index (χ4v) is 2.36. The molecule has 2 rings (SSSR count). The molecule has 0 aliphatic carbocycles. The Morgan fingerprint density at radius 1 is 1.00 bits per heavy atom. The lowest BCUT2D eigenvalue weighted by Gasteiger charge is -2.21. The van der Waals surface area contributed by atoms with Crippen LogP contribution in [0.25, 0.3) is 0 Å². The first-order valence-corrected chi connectivity index (χ1v) is 7.17. The van der Waals surface area contributed by atoms with Crippen LogP contribution in [-0.4, -0.2) is 18.4 Å². The maximum Gasteiger partial charge on any atom is 0.244 e. The zero-order valence-electron chi connectivity index (χ0n) is 13.1.